The summed E-state index contributed by atoms with van der Waals surface area (Å²) in [4.78, 5) is 13.7. The molecule has 110 valence electrons. The minimum Gasteiger partial charge on any atom is -0.399 e. The summed E-state index contributed by atoms with van der Waals surface area (Å²) in [5.74, 6) is -0.0460. The summed E-state index contributed by atoms with van der Waals surface area (Å²) < 4.78 is 22.6. The molecule has 1 aliphatic heterocycles. The quantitative estimate of drug-likeness (QED) is 0.796. The van der Waals surface area contributed by atoms with Gasteiger partial charge < -0.3 is 11.1 Å². The minimum atomic E-state index is -2.93. The molecule has 0 spiro atoms. The van der Waals surface area contributed by atoms with Gasteiger partial charge in [-0.2, -0.15) is 0 Å². The molecule has 6 nitrogen and oxygen atoms in total. The number of amides is 1. The molecule has 1 aliphatic rings. The van der Waals surface area contributed by atoms with Crippen LogP contribution >= 0.6 is 11.6 Å². The van der Waals surface area contributed by atoms with E-state index in [9.17, 15) is 13.2 Å². The monoisotopic (exact) mass is 317 g/mol. The van der Waals surface area contributed by atoms with E-state index in [-0.39, 0.29) is 24.0 Å². The first kappa shape index (κ1) is 15.1. The second-order valence-corrected chi connectivity index (χ2v) is 7.43. The first-order chi connectivity index (χ1) is 9.35. The average molecular weight is 318 g/mol. The highest BCUT2D eigenvalue weighted by Gasteiger charge is 2.23. The highest BCUT2D eigenvalue weighted by molar-refractivity contribution is 7.91. The van der Waals surface area contributed by atoms with Crippen LogP contribution in [0.2, 0.25) is 5.02 Å². The smallest absolute Gasteiger partial charge is 0.238 e. The Morgan fingerprint density at radius 3 is 2.65 bits per heavy atom. The molecule has 1 heterocycles. The maximum atomic E-state index is 11.9. The van der Waals surface area contributed by atoms with E-state index in [0.29, 0.717) is 29.5 Å². The lowest BCUT2D eigenvalue weighted by Gasteiger charge is -2.25. The third-order valence-electron chi connectivity index (χ3n) is 3.07. The zero-order valence-electron chi connectivity index (χ0n) is 10.8. The van der Waals surface area contributed by atoms with Crippen molar-refractivity contribution in [2.75, 3.05) is 42.2 Å². The van der Waals surface area contributed by atoms with Crippen molar-refractivity contribution in [3.05, 3.63) is 23.2 Å². The fourth-order valence-electron chi connectivity index (χ4n) is 1.94. The highest BCUT2D eigenvalue weighted by Crippen LogP contribution is 2.23. The zero-order valence-corrected chi connectivity index (χ0v) is 12.4. The number of nitrogen functional groups attached to an aromatic ring is 1. The molecular formula is C12H16ClN3O3S. The van der Waals surface area contributed by atoms with Gasteiger partial charge in [-0.15, -0.1) is 0 Å². The molecule has 8 heteroatoms. The molecular weight excluding hydrogens is 302 g/mol. The number of carbonyl (C=O) groups excluding carboxylic acids is 1. The Labute approximate surface area is 122 Å². The third-order valence-corrected chi connectivity index (χ3v) is 5.01. The summed E-state index contributed by atoms with van der Waals surface area (Å²) in [5.41, 5.74) is 6.60. The number of hydrogen-bond acceptors (Lipinski definition) is 5. The fraction of sp³-hybridized carbons (Fsp3) is 0.417. The van der Waals surface area contributed by atoms with E-state index < -0.39 is 9.84 Å². The van der Waals surface area contributed by atoms with Crippen molar-refractivity contribution in [3.8, 4) is 0 Å². The lowest BCUT2D eigenvalue weighted by Crippen LogP contribution is -2.43. The number of anilines is 2. The lowest BCUT2D eigenvalue weighted by molar-refractivity contribution is -0.117. The summed E-state index contributed by atoms with van der Waals surface area (Å²) in [6, 6.07) is 4.84. The predicted molar refractivity (Wildman–Crippen MR) is 79.6 cm³/mol. The first-order valence-electron chi connectivity index (χ1n) is 6.13. The standard InChI is InChI=1S/C12H16ClN3O3S/c13-10-2-1-9(14)7-11(10)15-12(17)8-16-3-5-20(18,19)6-4-16/h1-2,7H,3-6,8,14H2,(H,15,17). The molecule has 1 aromatic rings. The van der Waals surface area contributed by atoms with E-state index in [0.717, 1.165) is 0 Å². The molecule has 0 saturated carbocycles. The molecule has 20 heavy (non-hydrogen) atoms. The first-order valence-corrected chi connectivity index (χ1v) is 8.33. The SMILES string of the molecule is Nc1ccc(Cl)c(NC(=O)CN2CCS(=O)(=O)CC2)c1. The Morgan fingerprint density at radius 2 is 2.00 bits per heavy atom. The Balaban J connectivity index is 1.91. The van der Waals surface area contributed by atoms with Crippen LogP contribution in [-0.2, 0) is 14.6 Å². The van der Waals surface area contributed by atoms with Crippen LogP contribution in [0.15, 0.2) is 18.2 Å². The number of hydrogen-bond donors (Lipinski definition) is 2. The summed E-state index contributed by atoms with van der Waals surface area (Å²) in [6.45, 7) is 0.890. The van der Waals surface area contributed by atoms with Crippen LogP contribution < -0.4 is 11.1 Å². The van der Waals surface area contributed by atoms with Crippen molar-refractivity contribution in [3.63, 3.8) is 0 Å². The summed E-state index contributed by atoms with van der Waals surface area (Å²) in [6.07, 6.45) is 0. The second-order valence-electron chi connectivity index (χ2n) is 4.72. The van der Waals surface area contributed by atoms with E-state index in [1.807, 2.05) is 0 Å². The Hall–Kier alpha value is -1.31. The van der Waals surface area contributed by atoms with Gasteiger partial charge in [0.15, 0.2) is 9.84 Å². The van der Waals surface area contributed by atoms with Crippen molar-refractivity contribution in [2.24, 2.45) is 0 Å². The van der Waals surface area contributed by atoms with Crippen LogP contribution in [0.1, 0.15) is 0 Å². The maximum absolute atomic E-state index is 11.9. The number of nitrogens with two attached hydrogens (primary N) is 1. The largest absolute Gasteiger partial charge is 0.399 e. The molecule has 0 bridgehead atoms. The van der Waals surface area contributed by atoms with E-state index in [1.165, 1.54) is 0 Å². The van der Waals surface area contributed by atoms with Gasteiger partial charge >= 0.3 is 0 Å². The Morgan fingerprint density at radius 1 is 1.35 bits per heavy atom. The molecule has 1 aromatic carbocycles. The van der Waals surface area contributed by atoms with Crippen LogP contribution in [0.3, 0.4) is 0 Å². The zero-order chi connectivity index (χ0) is 14.8. The predicted octanol–water partition coefficient (Wildman–Crippen LogP) is 0.591. The fourth-order valence-corrected chi connectivity index (χ4v) is 3.38. The van der Waals surface area contributed by atoms with E-state index in [4.69, 9.17) is 17.3 Å². The van der Waals surface area contributed by atoms with Crippen molar-refractivity contribution < 1.29 is 13.2 Å². The van der Waals surface area contributed by atoms with Gasteiger partial charge in [-0.25, -0.2) is 8.42 Å². The van der Waals surface area contributed by atoms with Gasteiger partial charge in [0.25, 0.3) is 0 Å². The van der Waals surface area contributed by atoms with Gasteiger partial charge in [0.05, 0.1) is 28.8 Å². The van der Waals surface area contributed by atoms with Gasteiger partial charge in [-0.1, -0.05) is 11.6 Å². The summed E-state index contributed by atoms with van der Waals surface area (Å²) in [7, 11) is -2.93. The molecule has 1 fully saturated rings. The van der Waals surface area contributed by atoms with Crippen molar-refractivity contribution in [1.82, 2.24) is 4.90 Å². The van der Waals surface area contributed by atoms with Gasteiger partial charge in [0, 0.05) is 18.8 Å². The van der Waals surface area contributed by atoms with Crippen LogP contribution in [0.25, 0.3) is 0 Å². The number of carbonyl (C=O) groups is 1. The van der Waals surface area contributed by atoms with Crippen LogP contribution in [-0.4, -0.2) is 50.4 Å². The number of benzene rings is 1. The van der Waals surface area contributed by atoms with Crippen LogP contribution in [0, 0.1) is 0 Å². The Kier molecular flexibility index (Phi) is 4.52. The van der Waals surface area contributed by atoms with E-state index >= 15 is 0 Å². The van der Waals surface area contributed by atoms with Crippen LogP contribution in [0.5, 0.6) is 0 Å². The second kappa shape index (κ2) is 5.99. The van der Waals surface area contributed by atoms with Crippen LogP contribution in [0.4, 0.5) is 11.4 Å². The third kappa shape index (κ3) is 4.09. The highest BCUT2D eigenvalue weighted by atomic mass is 35.5. The molecule has 1 amide bonds. The van der Waals surface area contributed by atoms with E-state index in [2.05, 4.69) is 5.32 Å². The van der Waals surface area contributed by atoms with Gasteiger partial charge in [0.2, 0.25) is 5.91 Å². The molecule has 0 unspecified atom stereocenters. The van der Waals surface area contributed by atoms with E-state index in [1.54, 1.807) is 23.1 Å². The van der Waals surface area contributed by atoms with Gasteiger partial charge in [-0.05, 0) is 18.2 Å². The maximum Gasteiger partial charge on any atom is 0.238 e. The molecule has 0 aliphatic carbocycles. The molecule has 3 N–H and O–H groups in total. The molecule has 0 radical (unpaired) electrons. The molecule has 0 atom stereocenters. The van der Waals surface area contributed by atoms with Gasteiger partial charge in [0.1, 0.15) is 0 Å². The minimum absolute atomic E-state index is 0.0965. The van der Waals surface area contributed by atoms with Gasteiger partial charge in [-0.3, -0.25) is 9.69 Å². The lowest BCUT2D eigenvalue weighted by atomic mass is 10.3. The molecule has 0 aromatic heterocycles. The number of sulfone groups is 1. The topological polar surface area (TPSA) is 92.5 Å². The number of halogens is 1. The number of nitrogens with zero attached hydrogens (tertiary/aromatic N) is 1. The molecule has 1 saturated heterocycles. The van der Waals surface area contributed by atoms with Crippen molar-refractivity contribution >= 4 is 38.7 Å². The number of nitrogens with one attached hydrogen (secondary N) is 1. The summed E-state index contributed by atoms with van der Waals surface area (Å²) in [5, 5.41) is 3.09. The van der Waals surface area contributed by atoms with Crippen molar-refractivity contribution in [2.45, 2.75) is 0 Å². The normalized spacial score (nSPS) is 18.6. The number of rotatable bonds is 3. The molecule has 2 rings (SSSR count). The summed E-state index contributed by atoms with van der Waals surface area (Å²) >= 11 is 5.96. The van der Waals surface area contributed by atoms with Crippen molar-refractivity contribution in [1.29, 1.82) is 0 Å². The average Bonchev–Trinajstić information content (AvgIpc) is 2.36. The Bertz CT molecular complexity index is 604.